The van der Waals surface area contributed by atoms with E-state index >= 15 is 0 Å². The van der Waals surface area contributed by atoms with E-state index in [0.29, 0.717) is 24.3 Å². The first-order valence-electron chi connectivity index (χ1n) is 7.95. The summed E-state index contributed by atoms with van der Waals surface area (Å²) < 4.78 is 10.3. The second-order valence-electron chi connectivity index (χ2n) is 5.79. The van der Waals surface area contributed by atoms with Gasteiger partial charge in [0.05, 0.1) is 11.3 Å². The molecule has 3 rings (SSSR count). The zero-order chi connectivity index (χ0) is 16.9. The zero-order valence-corrected chi connectivity index (χ0v) is 13.5. The Morgan fingerprint density at radius 2 is 2.29 bits per heavy atom. The van der Waals surface area contributed by atoms with Crippen LogP contribution in [0.5, 0.6) is 0 Å². The summed E-state index contributed by atoms with van der Waals surface area (Å²) in [6.45, 7) is 2.35. The molecule has 0 saturated carbocycles. The molecule has 1 aliphatic heterocycles. The Kier molecular flexibility index (Phi) is 4.88. The van der Waals surface area contributed by atoms with Crippen LogP contribution in [0.1, 0.15) is 41.1 Å². The van der Waals surface area contributed by atoms with Crippen LogP contribution >= 0.6 is 0 Å². The van der Waals surface area contributed by atoms with Gasteiger partial charge in [0.25, 0.3) is 5.91 Å². The number of amides is 1. The number of aromatic nitrogens is 2. The number of nitrogens with zero attached hydrogens (tertiary/aromatic N) is 3. The lowest BCUT2D eigenvalue weighted by Crippen LogP contribution is -2.48. The standard InChI is InChI=1S/C17H19N3O4/c1-12-9-14(24-19-12)11-23-17(22)15-6-2-3-8-20(15)16(21)13-5-4-7-18-10-13/h4-5,7,9-10,15H,2-3,6,8,11H2,1H3/t15-/m1/s1. The minimum atomic E-state index is -0.574. The first-order chi connectivity index (χ1) is 11.6. The molecule has 0 N–H and O–H groups in total. The van der Waals surface area contributed by atoms with Gasteiger partial charge < -0.3 is 14.2 Å². The molecule has 0 bridgehead atoms. The summed E-state index contributed by atoms with van der Waals surface area (Å²) in [5.41, 5.74) is 1.20. The molecule has 2 aromatic rings. The predicted octanol–water partition coefficient (Wildman–Crippen LogP) is 2.12. The van der Waals surface area contributed by atoms with Crippen molar-refractivity contribution in [2.45, 2.75) is 38.8 Å². The number of aryl methyl sites for hydroxylation is 1. The molecule has 126 valence electrons. The van der Waals surface area contributed by atoms with Gasteiger partial charge in [-0.25, -0.2) is 4.79 Å². The fourth-order valence-corrected chi connectivity index (χ4v) is 2.80. The van der Waals surface area contributed by atoms with Crippen molar-refractivity contribution in [3.05, 3.63) is 47.6 Å². The number of piperidine rings is 1. The van der Waals surface area contributed by atoms with Gasteiger partial charge in [0.2, 0.25) is 0 Å². The van der Waals surface area contributed by atoms with Gasteiger partial charge in [0.1, 0.15) is 6.04 Å². The lowest BCUT2D eigenvalue weighted by molar-refractivity contribution is -0.152. The highest BCUT2D eigenvalue weighted by molar-refractivity contribution is 5.96. The van der Waals surface area contributed by atoms with Crippen molar-refractivity contribution in [2.24, 2.45) is 0 Å². The predicted molar refractivity (Wildman–Crippen MR) is 83.9 cm³/mol. The second-order valence-corrected chi connectivity index (χ2v) is 5.79. The van der Waals surface area contributed by atoms with Crippen molar-refractivity contribution in [3.63, 3.8) is 0 Å². The van der Waals surface area contributed by atoms with E-state index in [4.69, 9.17) is 9.26 Å². The molecule has 2 aromatic heterocycles. The average molecular weight is 329 g/mol. The second kappa shape index (κ2) is 7.25. The number of likely N-dealkylation sites (tertiary alicyclic amines) is 1. The van der Waals surface area contributed by atoms with Crippen LogP contribution in [0.2, 0.25) is 0 Å². The average Bonchev–Trinajstić information content (AvgIpc) is 3.05. The van der Waals surface area contributed by atoms with E-state index in [1.54, 1.807) is 36.2 Å². The van der Waals surface area contributed by atoms with Crippen molar-refractivity contribution in [2.75, 3.05) is 6.54 Å². The fraction of sp³-hybridized carbons (Fsp3) is 0.412. The number of ether oxygens (including phenoxy) is 1. The van der Waals surface area contributed by atoms with Gasteiger partial charge >= 0.3 is 5.97 Å². The van der Waals surface area contributed by atoms with Crippen LogP contribution in [-0.2, 0) is 16.1 Å². The summed E-state index contributed by atoms with van der Waals surface area (Å²) in [4.78, 5) is 30.6. The summed E-state index contributed by atoms with van der Waals surface area (Å²) in [6.07, 6.45) is 5.48. The molecule has 1 saturated heterocycles. The first kappa shape index (κ1) is 16.2. The van der Waals surface area contributed by atoms with Gasteiger partial charge in [0, 0.05) is 25.0 Å². The van der Waals surface area contributed by atoms with Gasteiger partial charge in [-0.3, -0.25) is 9.78 Å². The van der Waals surface area contributed by atoms with E-state index in [2.05, 4.69) is 10.1 Å². The number of pyridine rings is 1. The number of hydrogen-bond acceptors (Lipinski definition) is 6. The molecule has 1 amide bonds. The zero-order valence-electron chi connectivity index (χ0n) is 13.5. The summed E-state index contributed by atoms with van der Waals surface area (Å²) in [7, 11) is 0. The SMILES string of the molecule is Cc1cc(COC(=O)[C@H]2CCCCN2C(=O)c2cccnc2)on1. The van der Waals surface area contributed by atoms with Gasteiger partial charge in [-0.1, -0.05) is 5.16 Å². The molecule has 3 heterocycles. The molecule has 1 fully saturated rings. The molecule has 1 atom stereocenters. The van der Waals surface area contributed by atoms with E-state index in [1.165, 1.54) is 6.20 Å². The Bertz CT molecular complexity index is 714. The van der Waals surface area contributed by atoms with E-state index in [1.807, 2.05) is 0 Å². The van der Waals surface area contributed by atoms with Gasteiger partial charge in [-0.15, -0.1) is 0 Å². The molecule has 0 unspecified atom stereocenters. The van der Waals surface area contributed by atoms with Gasteiger partial charge in [-0.2, -0.15) is 0 Å². The Hall–Kier alpha value is -2.70. The Balaban J connectivity index is 1.67. The molecule has 0 aliphatic carbocycles. The first-order valence-corrected chi connectivity index (χ1v) is 7.95. The van der Waals surface area contributed by atoms with Crippen LogP contribution in [0.25, 0.3) is 0 Å². The van der Waals surface area contributed by atoms with Gasteiger partial charge in [0.15, 0.2) is 12.4 Å². The lowest BCUT2D eigenvalue weighted by Gasteiger charge is -2.34. The number of esters is 1. The van der Waals surface area contributed by atoms with Crippen LogP contribution in [-0.4, -0.2) is 39.5 Å². The van der Waals surface area contributed by atoms with Crippen LogP contribution in [0.3, 0.4) is 0 Å². The Morgan fingerprint density at radius 1 is 1.42 bits per heavy atom. The van der Waals surface area contributed by atoms with Crippen molar-refractivity contribution in [3.8, 4) is 0 Å². The highest BCUT2D eigenvalue weighted by atomic mass is 16.6. The van der Waals surface area contributed by atoms with Crippen LogP contribution < -0.4 is 0 Å². The molecule has 24 heavy (non-hydrogen) atoms. The van der Waals surface area contributed by atoms with Crippen molar-refractivity contribution in [1.29, 1.82) is 0 Å². The molecule has 1 aliphatic rings. The fourth-order valence-electron chi connectivity index (χ4n) is 2.80. The molecule has 0 spiro atoms. The van der Waals surface area contributed by atoms with E-state index < -0.39 is 12.0 Å². The molecular weight excluding hydrogens is 310 g/mol. The van der Waals surface area contributed by atoms with Crippen molar-refractivity contribution >= 4 is 11.9 Å². The number of carbonyl (C=O) groups is 2. The minimum Gasteiger partial charge on any atom is -0.456 e. The van der Waals surface area contributed by atoms with Gasteiger partial charge in [-0.05, 0) is 38.3 Å². The molecule has 7 nitrogen and oxygen atoms in total. The summed E-state index contributed by atoms with van der Waals surface area (Å²) >= 11 is 0. The highest BCUT2D eigenvalue weighted by Gasteiger charge is 2.34. The Morgan fingerprint density at radius 3 is 3.00 bits per heavy atom. The quantitative estimate of drug-likeness (QED) is 0.799. The maximum Gasteiger partial charge on any atom is 0.329 e. The monoisotopic (exact) mass is 329 g/mol. The maximum absolute atomic E-state index is 12.6. The van der Waals surface area contributed by atoms with Crippen LogP contribution in [0, 0.1) is 6.92 Å². The molecule has 0 aromatic carbocycles. The topological polar surface area (TPSA) is 85.5 Å². The highest BCUT2D eigenvalue weighted by Crippen LogP contribution is 2.21. The number of carbonyl (C=O) groups excluding carboxylic acids is 2. The smallest absolute Gasteiger partial charge is 0.329 e. The summed E-state index contributed by atoms with van der Waals surface area (Å²) in [6, 6.07) is 4.54. The van der Waals surface area contributed by atoms with Crippen LogP contribution in [0.4, 0.5) is 0 Å². The van der Waals surface area contributed by atoms with Crippen molar-refractivity contribution < 1.29 is 18.8 Å². The third kappa shape index (κ3) is 3.61. The maximum atomic E-state index is 12.6. The normalized spacial score (nSPS) is 17.5. The Labute approximate surface area is 139 Å². The van der Waals surface area contributed by atoms with E-state index in [9.17, 15) is 9.59 Å². The number of rotatable bonds is 4. The van der Waals surface area contributed by atoms with Crippen molar-refractivity contribution in [1.82, 2.24) is 15.0 Å². The largest absolute Gasteiger partial charge is 0.456 e. The summed E-state index contributed by atoms with van der Waals surface area (Å²) in [5, 5.41) is 3.75. The lowest BCUT2D eigenvalue weighted by atomic mass is 10.0. The van der Waals surface area contributed by atoms with E-state index in [0.717, 1.165) is 18.5 Å². The van der Waals surface area contributed by atoms with Crippen LogP contribution in [0.15, 0.2) is 35.1 Å². The number of hydrogen-bond donors (Lipinski definition) is 0. The third-order valence-corrected chi connectivity index (χ3v) is 3.98. The summed E-state index contributed by atoms with van der Waals surface area (Å²) in [5.74, 6) is -0.122. The molecular formula is C17H19N3O4. The minimum absolute atomic E-state index is 0.0189. The molecule has 7 heteroatoms. The molecule has 0 radical (unpaired) electrons. The van der Waals surface area contributed by atoms with E-state index in [-0.39, 0.29) is 12.5 Å². The third-order valence-electron chi connectivity index (χ3n) is 3.98.